The lowest BCUT2D eigenvalue weighted by atomic mass is 10.1. The summed E-state index contributed by atoms with van der Waals surface area (Å²) in [6, 6.07) is 19.4. The van der Waals surface area contributed by atoms with Gasteiger partial charge in [0, 0.05) is 11.1 Å². The van der Waals surface area contributed by atoms with Crippen molar-refractivity contribution in [3.63, 3.8) is 0 Å². The van der Waals surface area contributed by atoms with Crippen LogP contribution in [-0.4, -0.2) is 28.0 Å². The summed E-state index contributed by atoms with van der Waals surface area (Å²) in [4.78, 5) is 13.1. The minimum Gasteiger partial charge on any atom is -0.497 e. The van der Waals surface area contributed by atoms with Gasteiger partial charge in [-0.25, -0.2) is 8.42 Å². The van der Waals surface area contributed by atoms with Crippen LogP contribution in [-0.2, 0) is 21.2 Å². The molecule has 0 spiro atoms. The highest BCUT2D eigenvalue weighted by Gasteiger charge is 2.31. The minimum absolute atomic E-state index is 0.0447. The molecule has 0 aromatic heterocycles. The summed E-state index contributed by atoms with van der Waals surface area (Å²) in [6.07, 6.45) is 2.96. The van der Waals surface area contributed by atoms with Crippen LogP contribution < -0.4 is 13.8 Å². The Kier molecular flexibility index (Phi) is 8.36. The zero-order chi connectivity index (χ0) is 23.8. The van der Waals surface area contributed by atoms with E-state index in [9.17, 15) is 13.2 Å². The first-order chi connectivity index (χ1) is 15.8. The monoisotopic (exact) mass is 487 g/mol. The van der Waals surface area contributed by atoms with E-state index in [1.807, 2.05) is 12.1 Å². The van der Waals surface area contributed by atoms with Crippen LogP contribution in [0.3, 0.4) is 0 Å². The zero-order valence-electron chi connectivity index (χ0n) is 18.5. The smallest absolute Gasteiger partial charge is 0.278 e. The number of hydrogen-bond donors (Lipinski definition) is 0. The summed E-state index contributed by atoms with van der Waals surface area (Å²) in [5.41, 5.74) is 1.31. The van der Waals surface area contributed by atoms with Gasteiger partial charge in [-0.15, -0.1) is 0 Å². The Morgan fingerprint density at radius 3 is 2.27 bits per heavy atom. The number of amides is 1. The number of sulfonamides is 1. The molecule has 0 radical (unpaired) electrons. The molecule has 0 bridgehead atoms. The fourth-order valence-corrected chi connectivity index (χ4v) is 4.74. The van der Waals surface area contributed by atoms with Crippen molar-refractivity contribution in [2.75, 3.05) is 18.0 Å². The second-order valence-corrected chi connectivity index (χ2v) is 9.58. The van der Waals surface area contributed by atoms with Gasteiger partial charge >= 0.3 is 0 Å². The molecule has 0 aliphatic carbocycles. The van der Waals surface area contributed by atoms with Gasteiger partial charge < -0.3 is 9.47 Å². The molecule has 0 fully saturated rings. The molecule has 0 unspecified atom stereocenters. The lowest BCUT2D eigenvalue weighted by Gasteiger charge is -2.23. The van der Waals surface area contributed by atoms with E-state index in [1.165, 1.54) is 31.4 Å². The molecule has 3 rings (SSSR count). The van der Waals surface area contributed by atoms with Crippen LogP contribution in [0, 0.1) is 0 Å². The van der Waals surface area contributed by atoms with E-state index >= 15 is 0 Å². The van der Waals surface area contributed by atoms with Crippen LogP contribution in [0.5, 0.6) is 11.5 Å². The van der Waals surface area contributed by atoms with Crippen LogP contribution in [0.4, 0.5) is 5.69 Å². The molecule has 0 atom stereocenters. The van der Waals surface area contributed by atoms with E-state index in [0.717, 1.165) is 29.1 Å². The Morgan fingerprint density at radius 1 is 0.970 bits per heavy atom. The van der Waals surface area contributed by atoms with Gasteiger partial charge in [0.1, 0.15) is 11.5 Å². The number of benzene rings is 3. The molecule has 3 aromatic carbocycles. The van der Waals surface area contributed by atoms with Crippen LogP contribution in [0.15, 0.2) is 77.7 Å². The van der Waals surface area contributed by atoms with E-state index in [1.54, 1.807) is 36.4 Å². The standard InChI is InChI=1S/C25H26ClNO5S/c1-3-4-6-19-9-13-21(14-10-19)27(33(29,30)24-15-11-20(26)12-16-24)25(28)18-32-23-8-5-7-22(17-23)31-2/h5,7-17H,3-4,6,18H2,1-2H3. The number of carbonyl (C=O) groups excluding carboxylic acids is 1. The van der Waals surface area contributed by atoms with E-state index in [2.05, 4.69) is 6.92 Å². The summed E-state index contributed by atoms with van der Waals surface area (Å²) in [5, 5.41) is 0.397. The number of rotatable bonds is 10. The molecular weight excluding hydrogens is 462 g/mol. The Balaban J connectivity index is 1.92. The summed E-state index contributed by atoms with van der Waals surface area (Å²) in [7, 11) is -2.67. The molecule has 33 heavy (non-hydrogen) atoms. The number of aryl methyl sites for hydroxylation is 1. The molecule has 6 nitrogen and oxygen atoms in total. The Labute approximate surface area is 199 Å². The van der Waals surface area contributed by atoms with Crippen LogP contribution in [0.25, 0.3) is 0 Å². The van der Waals surface area contributed by atoms with Crippen molar-refractivity contribution in [1.82, 2.24) is 0 Å². The quantitative estimate of drug-likeness (QED) is 0.378. The molecular formula is C25H26ClNO5S. The van der Waals surface area contributed by atoms with Gasteiger partial charge in [-0.05, 0) is 66.9 Å². The van der Waals surface area contributed by atoms with Gasteiger partial charge in [-0.1, -0.05) is 43.1 Å². The predicted octanol–water partition coefficient (Wildman–Crippen LogP) is 5.49. The summed E-state index contributed by atoms with van der Waals surface area (Å²) < 4.78 is 38.4. The van der Waals surface area contributed by atoms with E-state index in [-0.39, 0.29) is 10.6 Å². The number of nitrogens with zero attached hydrogens (tertiary/aromatic N) is 1. The molecule has 0 aliphatic rings. The van der Waals surface area contributed by atoms with Crippen molar-refractivity contribution in [2.24, 2.45) is 0 Å². The fraction of sp³-hybridized carbons (Fsp3) is 0.240. The molecule has 0 aliphatic heterocycles. The third-order valence-corrected chi connectivity index (χ3v) is 6.99. The molecule has 0 heterocycles. The average molecular weight is 488 g/mol. The van der Waals surface area contributed by atoms with Gasteiger partial charge in [0.15, 0.2) is 6.61 Å². The van der Waals surface area contributed by atoms with Gasteiger partial charge in [-0.2, -0.15) is 4.31 Å². The van der Waals surface area contributed by atoms with Crippen LogP contribution in [0.1, 0.15) is 25.3 Å². The molecule has 8 heteroatoms. The van der Waals surface area contributed by atoms with E-state index in [4.69, 9.17) is 21.1 Å². The molecule has 174 valence electrons. The number of hydrogen-bond acceptors (Lipinski definition) is 5. The fourth-order valence-electron chi connectivity index (χ4n) is 3.20. The third kappa shape index (κ3) is 6.27. The molecule has 0 saturated carbocycles. The zero-order valence-corrected chi connectivity index (χ0v) is 20.1. The molecule has 0 N–H and O–H groups in total. The number of carbonyl (C=O) groups is 1. The maximum absolute atomic E-state index is 13.4. The first-order valence-electron chi connectivity index (χ1n) is 10.5. The van der Waals surface area contributed by atoms with Crippen molar-refractivity contribution in [1.29, 1.82) is 0 Å². The first-order valence-corrected chi connectivity index (χ1v) is 12.4. The topological polar surface area (TPSA) is 72.9 Å². The summed E-state index contributed by atoms with van der Waals surface area (Å²) in [5.74, 6) is 0.226. The highest BCUT2D eigenvalue weighted by molar-refractivity contribution is 7.93. The normalized spacial score (nSPS) is 11.1. The number of anilines is 1. The largest absolute Gasteiger partial charge is 0.497 e. The maximum Gasteiger partial charge on any atom is 0.278 e. The Bertz CT molecular complexity index is 1180. The lowest BCUT2D eigenvalue weighted by Crippen LogP contribution is -2.40. The average Bonchev–Trinajstić information content (AvgIpc) is 2.82. The van der Waals surface area contributed by atoms with Crippen molar-refractivity contribution >= 4 is 33.2 Å². The van der Waals surface area contributed by atoms with Crippen molar-refractivity contribution < 1.29 is 22.7 Å². The summed E-state index contributed by atoms with van der Waals surface area (Å²) in [6.45, 7) is 1.63. The second-order valence-electron chi connectivity index (χ2n) is 7.35. The van der Waals surface area contributed by atoms with Gasteiger partial charge in [0.05, 0.1) is 17.7 Å². The maximum atomic E-state index is 13.4. The number of methoxy groups -OCH3 is 1. The minimum atomic E-state index is -4.20. The van der Waals surface area contributed by atoms with Crippen molar-refractivity contribution in [2.45, 2.75) is 31.1 Å². The molecule has 3 aromatic rings. The second kappa shape index (κ2) is 11.2. The van der Waals surface area contributed by atoms with Gasteiger partial charge in [0.2, 0.25) is 0 Å². The van der Waals surface area contributed by atoms with Crippen LogP contribution in [0.2, 0.25) is 5.02 Å². The first kappa shape index (κ1) is 24.6. The third-order valence-electron chi connectivity index (χ3n) is 4.97. The Morgan fingerprint density at radius 2 is 1.64 bits per heavy atom. The molecule has 1 amide bonds. The van der Waals surface area contributed by atoms with E-state index in [0.29, 0.717) is 16.5 Å². The highest BCUT2D eigenvalue weighted by Crippen LogP contribution is 2.26. The van der Waals surface area contributed by atoms with Crippen molar-refractivity contribution in [3.8, 4) is 11.5 Å². The van der Waals surface area contributed by atoms with Gasteiger partial charge in [-0.3, -0.25) is 4.79 Å². The van der Waals surface area contributed by atoms with Gasteiger partial charge in [0.25, 0.3) is 15.9 Å². The lowest BCUT2D eigenvalue weighted by molar-refractivity contribution is -0.119. The number of unbranched alkanes of at least 4 members (excludes halogenated alkanes) is 1. The van der Waals surface area contributed by atoms with Crippen LogP contribution >= 0.6 is 11.6 Å². The highest BCUT2D eigenvalue weighted by atomic mass is 35.5. The molecule has 0 saturated heterocycles. The summed E-state index contributed by atoms with van der Waals surface area (Å²) >= 11 is 5.92. The number of ether oxygens (including phenoxy) is 2. The Hall–Kier alpha value is -3.03. The van der Waals surface area contributed by atoms with Crippen molar-refractivity contribution in [3.05, 3.63) is 83.4 Å². The number of halogens is 1. The SMILES string of the molecule is CCCCc1ccc(N(C(=O)COc2cccc(OC)c2)S(=O)(=O)c2ccc(Cl)cc2)cc1. The van der Waals surface area contributed by atoms with E-state index < -0.39 is 22.5 Å². The predicted molar refractivity (Wildman–Crippen MR) is 130 cm³/mol.